The maximum atomic E-state index is 12.7. The summed E-state index contributed by atoms with van der Waals surface area (Å²) in [6.07, 6.45) is 1.64. The van der Waals surface area contributed by atoms with Crippen LogP contribution in [0.25, 0.3) is 0 Å². The summed E-state index contributed by atoms with van der Waals surface area (Å²) in [5.74, 6) is -1.62. The largest absolute Gasteiger partial charge is 0.490 e. The summed E-state index contributed by atoms with van der Waals surface area (Å²) in [6, 6.07) is 9.00. The van der Waals surface area contributed by atoms with Crippen LogP contribution < -0.4 is 4.90 Å². The Balaban J connectivity index is 0.000000307. The van der Waals surface area contributed by atoms with Gasteiger partial charge in [0.2, 0.25) is 0 Å². The van der Waals surface area contributed by atoms with Crippen molar-refractivity contribution in [2.24, 2.45) is 5.92 Å². The maximum absolute atomic E-state index is 12.7. The van der Waals surface area contributed by atoms with Crippen LogP contribution in [0.3, 0.4) is 0 Å². The predicted octanol–water partition coefficient (Wildman–Crippen LogP) is 3.59. The quantitative estimate of drug-likeness (QED) is 0.756. The zero-order valence-corrected chi connectivity index (χ0v) is 17.9. The summed E-state index contributed by atoms with van der Waals surface area (Å²) in [4.78, 5) is 26.2. The summed E-state index contributed by atoms with van der Waals surface area (Å²) >= 11 is 0. The van der Waals surface area contributed by atoms with Crippen molar-refractivity contribution in [2.45, 2.75) is 56.2 Å². The van der Waals surface area contributed by atoms with E-state index in [0.717, 1.165) is 57.8 Å². The van der Waals surface area contributed by atoms with Gasteiger partial charge in [-0.1, -0.05) is 18.2 Å². The Hall–Kier alpha value is -2.29. The highest BCUT2D eigenvalue weighted by molar-refractivity contribution is 5.81. The van der Waals surface area contributed by atoms with Crippen molar-refractivity contribution in [3.8, 4) is 0 Å². The average molecular weight is 454 g/mol. The molecule has 1 N–H and O–H groups in total. The van der Waals surface area contributed by atoms with E-state index in [-0.39, 0.29) is 17.4 Å². The first-order chi connectivity index (χ1) is 15.2. The molecule has 3 fully saturated rings. The highest BCUT2D eigenvalue weighted by Gasteiger charge is 2.46. The number of piperidine rings is 1. The van der Waals surface area contributed by atoms with E-state index in [2.05, 4.69) is 34.1 Å². The van der Waals surface area contributed by atoms with Gasteiger partial charge in [0.1, 0.15) is 6.10 Å². The highest BCUT2D eigenvalue weighted by Crippen LogP contribution is 2.48. The lowest BCUT2D eigenvalue weighted by molar-refractivity contribution is -0.192. The third-order valence-electron chi connectivity index (χ3n) is 6.96. The van der Waals surface area contributed by atoms with Crippen LogP contribution in [0.15, 0.2) is 24.3 Å². The molecule has 2 saturated heterocycles. The minimum atomic E-state index is -5.08. The lowest BCUT2D eigenvalue weighted by Gasteiger charge is -2.40. The van der Waals surface area contributed by atoms with Gasteiger partial charge in [0.25, 0.3) is 5.91 Å². The Morgan fingerprint density at radius 1 is 1.12 bits per heavy atom. The second kappa shape index (κ2) is 8.92. The molecule has 1 aromatic rings. The molecular weight excluding hydrogens is 425 g/mol. The first-order valence-electron chi connectivity index (χ1n) is 11.2. The number of nitrogens with zero attached hydrogens (tertiary/aromatic N) is 2. The third-order valence-corrected chi connectivity index (χ3v) is 6.96. The molecule has 3 aliphatic heterocycles. The zero-order valence-electron chi connectivity index (χ0n) is 17.9. The first kappa shape index (κ1) is 22.9. The summed E-state index contributed by atoms with van der Waals surface area (Å²) < 4.78 is 37.3. The average Bonchev–Trinajstić information content (AvgIpc) is 3.31. The molecule has 1 atom stereocenters. The molecule has 3 heterocycles. The van der Waals surface area contributed by atoms with E-state index in [1.54, 1.807) is 0 Å². The molecule has 5 rings (SSSR count). The van der Waals surface area contributed by atoms with Crippen molar-refractivity contribution in [1.82, 2.24) is 4.90 Å². The lowest BCUT2D eigenvalue weighted by atomic mass is 9.74. The molecule has 32 heavy (non-hydrogen) atoms. The zero-order chi connectivity index (χ0) is 22.9. The van der Waals surface area contributed by atoms with E-state index in [4.69, 9.17) is 14.6 Å². The van der Waals surface area contributed by atoms with Gasteiger partial charge < -0.3 is 19.6 Å². The number of anilines is 1. The molecule has 1 saturated carbocycles. The molecule has 0 radical (unpaired) electrons. The van der Waals surface area contributed by atoms with Crippen molar-refractivity contribution >= 4 is 17.6 Å². The van der Waals surface area contributed by atoms with Gasteiger partial charge in [-0.2, -0.15) is 13.2 Å². The Morgan fingerprint density at radius 3 is 2.34 bits per heavy atom. The number of ether oxygens (including phenoxy) is 1. The minimum absolute atomic E-state index is 0.170. The molecule has 4 aliphatic rings. The highest BCUT2D eigenvalue weighted by atomic mass is 19.4. The van der Waals surface area contributed by atoms with Crippen LogP contribution in [-0.2, 0) is 19.7 Å². The summed E-state index contributed by atoms with van der Waals surface area (Å²) in [7, 11) is 0. The smallest absolute Gasteiger partial charge is 0.475 e. The number of carbonyl (C=O) groups is 2. The van der Waals surface area contributed by atoms with Crippen molar-refractivity contribution in [2.75, 3.05) is 37.7 Å². The summed E-state index contributed by atoms with van der Waals surface area (Å²) in [5, 5.41) is 7.12. The number of carbonyl (C=O) groups excluding carboxylic acids is 1. The van der Waals surface area contributed by atoms with E-state index >= 15 is 0 Å². The van der Waals surface area contributed by atoms with Crippen molar-refractivity contribution in [3.63, 3.8) is 0 Å². The minimum Gasteiger partial charge on any atom is -0.475 e. The van der Waals surface area contributed by atoms with Gasteiger partial charge in [-0.15, -0.1) is 0 Å². The number of amides is 1. The summed E-state index contributed by atoms with van der Waals surface area (Å²) in [6.45, 7) is 4.87. The fraction of sp³-hybridized carbons (Fsp3) is 0.652. The van der Waals surface area contributed by atoms with Gasteiger partial charge in [-0.05, 0) is 56.1 Å². The van der Waals surface area contributed by atoms with E-state index in [9.17, 15) is 18.0 Å². The Kier molecular flexibility index (Phi) is 6.38. The monoisotopic (exact) mass is 454 g/mol. The van der Waals surface area contributed by atoms with Crippen molar-refractivity contribution < 1.29 is 32.6 Å². The summed E-state index contributed by atoms with van der Waals surface area (Å²) in [5.41, 5.74) is 3.23. The third kappa shape index (κ3) is 4.87. The number of alkyl halides is 3. The molecule has 0 aromatic heterocycles. The van der Waals surface area contributed by atoms with Gasteiger partial charge in [0, 0.05) is 43.9 Å². The first-order valence-corrected chi connectivity index (χ1v) is 11.2. The van der Waals surface area contributed by atoms with Gasteiger partial charge >= 0.3 is 12.1 Å². The normalized spacial score (nSPS) is 24.2. The number of carboxylic acids is 1. The molecule has 1 spiro atoms. The number of hydrogen-bond acceptors (Lipinski definition) is 4. The van der Waals surface area contributed by atoms with Gasteiger partial charge in [-0.25, -0.2) is 4.79 Å². The van der Waals surface area contributed by atoms with Crippen LogP contribution in [0, 0.1) is 5.92 Å². The Labute approximate surface area is 185 Å². The standard InChI is InChI=1S/C21H28N2O2.C2HF3O2/c24-20(19-6-3-13-25-19)22-11-9-21(10-12-22)15-23(14-16-7-8-16)18-5-2-1-4-17(18)21;3-2(4,5)1(6)7/h1-2,4-5,16,19H,3,6-15H2;(H,6,7)/t19-;/m1./s1. The Bertz CT molecular complexity index is 842. The molecular formula is C23H29F3N2O4. The molecule has 0 unspecified atom stereocenters. The van der Waals surface area contributed by atoms with Crippen molar-refractivity contribution in [1.29, 1.82) is 0 Å². The lowest BCUT2D eigenvalue weighted by Crippen LogP contribution is -2.49. The van der Waals surface area contributed by atoms with Crippen LogP contribution >= 0.6 is 0 Å². The van der Waals surface area contributed by atoms with Gasteiger partial charge in [-0.3, -0.25) is 4.79 Å². The van der Waals surface area contributed by atoms with Gasteiger partial charge in [0.15, 0.2) is 0 Å². The topological polar surface area (TPSA) is 70.1 Å². The fourth-order valence-electron chi connectivity index (χ4n) is 5.07. The number of likely N-dealkylation sites (tertiary alicyclic amines) is 1. The number of carboxylic acid groups (broad SMARTS) is 1. The van der Waals surface area contributed by atoms with E-state index < -0.39 is 12.1 Å². The number of aliphatic carboxylic acids is 1. The van der Waals surface area contributed by atoms with Crippen LogP contribution in [0.4, 0.5) is 18.9 Å². The molecule has 9 heteroatoms. The second-order valence-corrected chi connectivity index (χ2v) is 9.25. The van der Waals surface area contributed by atoms with Gasteiger partial charge in [0.05, 0.1) is 0 Å². The fourth-order valence-corrected chi connectivity index (χ4v) is 5.07. The van der Waals surface area contributed by atoms with Crippen LogP contribution in [-0.4, -0.2) is 66.9 Å². The number of rotatable bonds is 3. The van der Waals surface area contributed by atoms with E-state index in [1.807, 2.05) is 0 Å². The Morgan fingerprint density at radius 2 is 1.78 bits per heavy atom. The molecule has 1 amide bonds. The predicted molar refractivity (Wildman–Crippen MR) is 112 cm³/mol. The maximum Gasteiger partial charge on any atom is 0.490 e. The second-order valence-electron chi connectivity index (χ2n) is 9.25. The number of halogens is 3. The molecule has 1 aromatic carbocycles. The van der Waals surface area contributed by atoms with Crippen LogP contribution in [0.5, 0.6) is 0 Å². The number of hydrogen-bond donors (Lipinski definition) is 1. The molecule has 176 valence electrons. The molecule has 1 aliphatic carbocycles. The molecule has 0 bridgehead atoms. The SMILES string of the molecule is O=C(O)C(F)(F)F.O=C([C@H]1CCCO1)N1CCC2(CC1)CN(CC1CC1)c1ccccc12. The van der Waals surface area contributed by atoms with Crippen molar-refractivity contribution in [3.05, 3.63) is 29.8 Å². The van der Waals surface area contributed by atoms with E-state index in [1.165, 1.54) is 30.6 Å². The number of para-hydroxylation sites is 1. The van der Waals surface area contributed by atoms with Crippen LogP contribution in [0.1, 0.15) is 44.1 Å². The van der Waals surface area contributed by atoms with E-state index in [0.29, 0.717) is 0 Å². The number of fused-ring (bicyclic) bond motifs is 2. The number of benzene rings is 1. The van der Waals surface area contributed by atoms with Crippen LogP contribution in [0.2, 0.25) is 0 Å². The molecule has 6 nitrogen and oxygen atoms in total.